The van der Waals surface area contributed by atoms with E-state index >= 15 is 0 Å². The van der Waals surface area contributed by atoms with Gasteiger partial charge in [-0.1, -0.05) is 12.8 Å². The molecule has 0 unspecified atom stereocenters. The molecule has 0 saturated heterocycles. The van der Waals surface area contributed by atoms with E-state index < -0.39 is 12.0 Å². The molecule has 1 aliphatic carbocycles. The van der Waals surface area contributed by atoms with E-state index in [0.29, 0.717) is 29.2 Å². The Hall–Kier alpha value is -1.72. The first-order chi connectivity index (χ1) is 9.45. The van der Waals surface area contributed by atoms with E-state index in [4.69, 9.17) is 5.73 Å². The van der Waals surface area contributed by atoms with Crippen molar-refractivity contribution < 1.29 is 13.2 Å². The lowest BCUT2D eigenvalue weighted by Gasteiger charge is -2.15. The van der Waals surface area contributed by atoms with Crippen LogP contribution in [0.2, 0.25) is 0 Å². The predicted octanol–water partition coefficient (Wildman–Crippen LogP) is 3.83. The summed E-state index contributed by atoms with van der Waals surface area (Å²) in [4.78, 5) is 3.74. The van der Waals surface area contributed by atoms with Crippen LogP contribution in [0, 0.1) is 5.92 Å². The Kier molecular flexibility index (Phi) is 3.11. The molecule has 3 nitrogen and oxygen atoms in total. The molecule has 1 aromatic carbocycles. The van der Waals surface area contributed by atoms with E-state index in [1.165, 1.54) is 10.6 Å². The topological polar surface area (TPSA) is 43.8 Å². The van der Waals surface area contributed by atoms with E-state index in [9.17, 15) is 13.2 Å². The van der Waals surface area contributed by atoms with E-state index in [1.807, 2.05) is 0 Å². The van der Waals surface area contributed by atoms with Gasteiger partial charge in [0.1, 0.15) is 0 Å². The van der Waals surface area contributed by atoms with Gasteiger partial charge in [-0.15, -0.1) is 0 Å². The van der Waals surface area contributed by atoms with E-state index in [2.05, 4.69) is 4.98 Å². The molecule has 2 N–H and O–H groups in total. The highest BCUT2D eigenvalue weighted by molar-refractivity contribution is 5.79. The Bertz CT molecular complexity index is 624. The molecule has 1 heterocycles. The first-order valence-electron chi connectivity index (χ1n) is 6.78. The molecule has 0 atom stereocenters. The molecule has 1 saturated carbocycles. The predicted molar refractivity (Wildman–Crippen MR) is 71.1 cm³/mol. The Balaban J connectivity index is 2.10. The fourth-order valence-electron chi connectivity index (χ4n) is 3.00. The van der Waals surface area contributed by atoms with Crippen LogP contribution in [-0.2, 0) is 12.7 Å². The second kappa shape index (κ2) is 4.68. The van der Waals surface area contributed by atoms with Gasteiger partial charge in [0.2, 0.25) is 5.82 Å². The molecule has 0 aliphatic heterocycles. The Morgan fingerprint density at radius 2 is 1.95 bits per heavy atom. The van der Waals surface area contributed by atoms with Gasteiger partial charge in [-0.3, -0.25) is 0 Å². The molecule has 0 spiro atoms. The zero-order valence-corrected chi connectivity index (χ0v) is 11.0. The number of anilines is 1. The molecule has 1 aliphatic rings. The lowest BCUT2D eigenvalue weighted by molar-refractivity contribution is -0.147. The summed E-state index contributed by atoms with van der Waals surface area (Å²) < 4.78 is 40.7. The van der Waals surface area contributed by atoms with Crippen molar-refractivity contribution >= 4 is 16.7 Å². The lowest BCUT2D eigenvalue weighted by Crippen LogP contribution is -2.18. The standard InChI is InChI=1S/C14H16F3N3/c15-14(16,17)13-19-11-7-10(18)5-6-12(11)20(13)8-9-3-1-2-4-9/h5-7,9H,1-4,8,18H2. The second-order valence-corrected chi connectivity index (χ2v) is 5.44. The van der Waals surface area contributed by atoms with Gasteiger partial charge in [0.15, 0.2) is 0 Å². The van der Waals surface area contributed by atoms with Crippen molar-refractivity contribution in [3.05, 3.63) is 24.0 Å². The number of alkyl halides is 3. The summed E-state index contributed by atoms with van der Waals surface area (Å²) in [5.74, 6) is -0.504. The molecule has 1 aromatic heterocycles. The van der Waals surface area contributed by atoms with E-state index in [1.54, 1.807) is 12.1 Å². The third kappa shape index (κ3) is 2.34. The number of rotatable bonds is 2. The lowest BCUT2D eigenvalue weighted by atomic mass is 10.1. The number of nitrogens with zero attached hydrogens (tertiary/aromatic N) is 2. The third-order valence-electron chi connectivity index (χ3n) is 3.94. The molecule has 20 heavy (non-hydrogen) atoms. The van der Waals surface area contributed by atoms with Gasteiger partial charge >= 0.3 is 6.18 Å². The Morgan fingerprint density at radius 3 is 2.60 bits per heavy atom. The van der Waals surface area contributed by atoms with Crippen molar-refractivity contribution in [3.8, 4) is 0 Å². The maximum absolute atomic E-state index is 13.1. The van der Waals surface area contributed by atoms with Crippen LogP contribution in [0.5, 0.6) is 0 Å². The number of hydrogen-bond acceptors (Lipinski definition) is 2. The second-order valence-electron chi connectivity index (χ2n) is 5.44. The van der Waals surface area contributed by atoms with Crippen LogP contribution >= 0.6 is 0 Å². The van der Waals surface area contributed by atoms with Gasteiger partial charge in [-0.25, -0.2) is 4.98 Å². The Morgan fingerprint density at radius 1 is 1.25 bits per heavy atom. The molecule has 2 aromatic rings. The maximum Gasteiger partial charge on any atom is 0.449 e. The summed E-state index contributed by atoms with van der Waals surface area (Å²) in [6.45, 7) is 0.384. The van der Waals surface area contributed by atoms with Crippen LogP contribution in [-0.4, -0.2) is 9.55 Å². The van der Waals surface area contributed by atoms with E-state index in [0.717, 1.165) is 25.7 Å². The van der Waals surface area contributed by atoms with Crippen molar-refractivity contribution in [2.45, 2.75) is 38.4 Å². The van der Waals surface area contributed by atoms with Gasteiger partial charge in [-0.05, 0) is 37.0 Å². The molecule has 0 amide bonds. The summed E-state index contributed by atoms with van der Waals surface area (Å²) >= 11 is 0. The molecule has 108 valence electrons. The monoisotopic (exact) mass is 283 g/mol. The van der Waals surface area contributed by atoms with Crippen molar-refractivity contribution in [2.75, 3.05) is 5.73 Å². The van der Waals surface area contributed by atoms with Gasteiger partial charge < -0.3 is 10.3 Å². The summed E-state index contributed by atoms with van der Waals surface area (Å²) in [7, 11) is 0. The van der Waals surface area contributed by atoms with Crippen LogP contribution in [0.15, 0.2) is 18.2 Å². The third-order valence-corrected chi connectivity index (χ3v) is 3.94. The smallest absolute Gasteiger partial charge is 0.399 e. The molecular weight excluding hydrogens is 267 g/mol. The maximum atomic E-state index is 13.1. The molecule has 6 heteroatoms. The molecule has 0 bridgehead atoms. The first kappa shape index (κ1) is 13.3. The number of imidazole rings is 1. The average Bonchev–Trinajstić information content (AvgIpc) is 2.97. The molecule has 0 radical (unpaired) electrons. The highest BCUT2D eigenvalue weighted by Crippen LogP contribution is 2.34. The van der Waals surface area contributed by atoms with Gasteiger partial charge in [-0.2, -0.15) is 13.2 Å². The molecular formula is C14H16F3N3. The van der Waals surface area contributed by atoms with Crippen molar-refractivity contribution in [2.24, 2.45) is 5.92 Å². The minimum atomic E-state index is -4.44. The summed E-state index contributed by atoms with van der Waals surface area (Å²) in [5.41, 5.74) is 6.88. The minimum absolute atomic E-state index is 0.311. The van der Waals surface area contributed by atoms with Crippen LogP contribution < -0.4 is 5.73 Å². The fourth-order valence-corrected chi connectivity index (χ4v) is 3.00. The van der Waals surface area contributed by atoms with Crippen LogP contribution in [0.1, 0.15) is 31.5 Å². The van der Waals surface area contributed by atoms with Crippen LogP contribution in [0.3, 0.4) is 0 Å². The van der Waals surface area contributed by atoms with Gasteiger partial charge in [0.25, 0.3) is 0 Å². The zero-order valence-electron chi connectivity index (χ0n) is 11.0. The largest absolute Gasteiger partial charge is 0.449 e. The summed E-state index contributed by atoms with van der Waals surface area (Å²) in [5, 5.41) is 0. The number of fused-ring (bicyclic) bond motifs is 1. The van der Waals surface area contributed by atoms with Crippen LogP contribution in [0.25, 0.3) is 11.0 Å². The van der Waals surface area contributed by atoms with Gasteiger partial charge in [0, 0.05) is 12.2 Å². The average molecular weight is 283 g/mol. The number of benzene rings is 1. The number of nitrogens with two attached hydrogens (primary N) is 1. The van der Waals surface area contributed by atoms with E-state index in [-0.39, 0.29) is 0 Å². The highest BCUT2D eigenvalue weighted by atomic mass is 19.4. The highest BCUT2D eigenvalue weighted by Gasteiger charge is 2.38. The fraction of sp³-hybridized carbons (Fsp3) is 0.500. The zero-order chi connectivity index (χ0) is 14.3. The van der Waals surface area contributed by atoms with Crippen molar-refractivity contribution in [1.82, 2.24) is 9.55 Å². The summed E-state index contributed by atoms with van der Waals surface area (Å²) in [6, 6.07) is 4.74. The van der Waals surface area contributed by atoms with Crippen LogP contribution in [0.4, 0.5) is 18.9 Å². The Labute approximate surface area is 114 Å². The van der Waals surface area contributed by atoms with Gasteiger partial charge in [0.05, 0.1) is 11.0 Å². The normalized spacial score (nSPS) is 17.1. The quantitative estimate of drug-likeness (QED) is 0.851. The minimum Gasteiger partial charge on any atom is -0.399 e. The SMILES string of the molecule is Nc1ccc2c(c1)nc(C(F)(F)F)n2CC1CCCC1. The first-order valence-corrected chi connectivity index (χ1v) is 6.78. The number of hydrogen-bond donors (Lipinski definition) is 1. The van der Waals surface area contributed by atoms with Crippen molar-refractivity contribution in [3.63, 3.8) is 0 Å². The number of halogens is 3. The van der Waals surface area contributed by atoms with Crippen molar-refractivity contribution in [1.29, 1.82) is 0 Å². The summed E-state index contributed by atoms with van der Waals surface area (Å²) in [6.07, 6.45) is -0.249. The number of aromatic nitrogens is 2. The number of nitrogen functional groups attached to an aromatic ring is 1. The molecule has 3 rings (SSSR count). The molecule has 1 fully saturated rings.